The molecule has 0 spiro atoms. The first-order chi connectivity index (χ1) is 19.5. The highest BCUT2D eigenvalue weighted by atomic mass is 16.4. The number of likely N-dealkylation sites (tertiary alicyclic amines) is 1. The van der Waals surface area contributed by atoms with Crippen molar-refractivity contribution in [3.8, 4) is 28.7 Å². The number of anilines is 1. The van der Waals surface area contributed by atoms with Gasteiger partial charge in [-0.1, -0.05) is 23.4 Å². The molecule has 11 heteroatoms. The fraction of sp³-hybridized carbons (Fsp3) is 0.345. The number of piperidine rings is 1. The Morgan fingerprint density at radius 1 is 1.02 bits per heavy atom. The monoisotopic (exact) mass is 535 g/mol. The number of nitrogens with zero attached hydrogens (tertiary/aromatic N) is 8. The predicted octanol–water partition coefficient (Wildman–Crippen LogP) is 3.55. The Hall–Kier alpha value is -4.69. The van der Waals surface area contributed by atoms with Crippen molar-refractivity contribution < 1.29 is 9.90 Å². The lowest BCUT2D eigenvalue weighted by molar-refractivity contribution is -0.143. The van der Waals surface area contributed by atoms with Gasteiger partial charge in [-0.25, -0.2) is 14.6 Å². The van der Waals surface area contributed by atoms with E-state index in [9.17, 15) is 15.2 Å². The number of benzene rings is 1. The summed E-state index contributed by atoms with van der Waals surface area (Å²) >= 11 is 0. The number of nitrogen functional groups attached to an aromatic ring is 1. The smallest absolute Gasteiger partial charge is 0.306 e. The van der Waals surface area contributed by atoms with Gasteiger partial charge in [0.15, 0.2) is 0 Å². The third kappa shape index (κ3) is 5.53. The Kier molecular flexibility index (Phi) is 6.92. The summed E-state index contributed by atoms with van der Waals surface area (Å²) in [6.07, 6.45) is 5.51. The number of carboxylic acid groups (broad SMARTS) is 1. The predicted molar refractivity (Wildman–Crippen MR) is 146 cm³/mol. The van der Waals surface area contributed by atoms with Gasteiger partial charge in [-0.05, 0) is 75.0 Å². The van der Waals surface area contributed by atoms with Crippen LogP contribution in [0.1, 0.15) is 48.7 Å². The molecule has 202 valence electrons. The lowest BCUT2D eigenvalue weighted by atomic mass is 9.94. The average molecular weight is 536 g/mol. The Balaban J connectivity index is 1.20. The van der Waals surface area contributed by atoms with Gasteiger partial charge in [0.25, 0.3) is 0 Å². The van der Waals surface area contributed by atoms with Crippen molar-refractivity contribution in [3.05, 3.63) is 71.7 Å². The van der Waals surface area contributed by atoms with Crippen LogP contribution in [0.2, 0.25) is 0 Å². The van der Waals surface area contributed by atoms with Gasteiger partial charge in [-0.2, -0.15) is 5.26 Å². The largest absolute Gasteiger partial charge is 0.481 e. The molecule has 40 heavy (non-hydrogen) atoms. The van der Waals surface area contributed by atoms with Crippen LogP contribution in [0.25, 0.3) is 22.6 Å². The molecule has 1 unspecified atom stereocenters. The first kappa shape index (κ1) is 25.6. The number of aromatic nitrogens is 6. The summed E-state index contributed by atoms with van der Waals surface area (Å²) in [7, 11) is 0. The van der Waals surface area contributed by atoms with E-state index in [4.69, 9.17) is 10.7 Å². The Morgan fingerprint density at radius 3 is 2.55 bits per heavy atom. The minimum absolute atomic E-state index is 0.109. The summed E-state index contributed by atoms with van der Waals surface area (Å²) in [4.78, 5) is 27.5. The molecule has 0 amide bonds. The van der Waals surface area contributed by atoms with Gasteiger partial charge < -0.3 is 10.8 Å². The Labute approximate surface area is 231 Å². The number of aliphatic carboxylic acids is 1. The van der Waals surface area contributed by atoms with E-state index in [-0.39, 0.29) is 17.9 Å². The number of carboxylic acids is 1. The molecule has 3 aromatic heterocycles. The van der Waals surface area contributed by atoms with Crippen molar-refractivity contribution in [2.75, 3.05) is 18.8 Å². The summed E-state index contributed by atoms with van der Waals surface area (Å²) in [5.74, 6) is -0.268. The van der Waals surface area contributed by atoms with Gasteiger partial charge >= 0.3 is 5.97 Å². The third-order valence-electron chi connectivity index (χ3n) is 7.63. The van der Waals surface area contributed by atoms with Crippen molar-refractivity contribution in [1.29, 1.82) is 5.26 Å². The van der Waals surface area contributed by atoms with E-state index in [1.54, 1.807) is 35.1 Å². The molecule has 3 N–H and O–H groups in total. The number of rotatable bonds is 8. The zero-order valence-electron chi connectivity index (χ0n) is 21.9. The van der Waals surface area contributed by atoms with E-state index >= 15 is 0 Å². The molecule has 11 nitrogen and oxygen atoms in total. The van der Waals surface area contributed by atoms with E-state index in [1.807, 2.05) is 18.2 Å². The number of carbonyl (C=O) groups is 1. The highest BCUT2D eigenvalue weighted by Crippen LogP contribution is 2.45. The topological polar surface area (TPSA) is 160 Å². The zero-order valence-corrected chi connectivity index (χ0v) is 21.9. The van der Waals surface area contributed by atoms with Gasteiger partial charge in [-0.3, -0.25) is 14.7 Å². The zero-order chi connectivity index (χ0) is 27.6. The van der Waals surface area contributed by atoms with Gasteiger partial charge in [0.05, 0.1) is 59.1 Å². The molecule has 1 aromatic carbocycles. The van der Waals surface area contributed by atoms with Crippen LogP contribution < -0.4 is 5.73 Å². The summed E-state index contributed by atoms with van der Waals surface area (Å²) in [5.41, 5.74) is 10.9. The fourth-order valence-corrected chi connectivity index (χ4v) is 5.47. The van der Waals surface area contributed by atoms with Crippen molar-refractivity contribution in [2.45, 2.75) is 38.3 Å². The Bertz CT molecular complexity index is 1580. The number of nitrogens with two attached hydrogens (primary N) is 1. The SMILES string of the molecule is N#Cc1cccc(-c2cc(-c3cn(Cc4cccc(C(C5CC5)N5CCC(C(=O)O)CC5)n4)nn3)nc(N)n2)c1. The molecule has 1 saturated carbocycles. The van der Waals surface area contributed by atoms with Gasteiger partial charge in [0.2, 0.25) is 5.95 Å². The van der Waals surface area contributed by atoms with Crippen molar-refractivity contribution in [1.82, 2.24) is 34.8 Å². The quantitative estimate of drug-likeness (QED) is 0.341. The van der Waals surface area contributed by atoms with Gasteiger partial charge in [-0.15, -0.1) is 5.10 Å². The lowest BCUT2D eigenvalue weighted by Gasteiger charge is -2.36. The van der Waals surface area contributed by atoms with Gasteiger partial charge in [0.1, 0.15) is 5.69 Å². The Morgan fingerprint density at radius 2 is 1.80 bits per heavy atom. The van der Waals surface area contributed by atoms with E-state index in [0.29, 0.717) is 47.9 Å². The molecule has 1 atom stereocenters. The maximum atomic E-state index is 11.4. The maximum absolute atomic E-state index is 11.4. The standard InChI is InChI=1S/C29H29N9O2/c30-15-18-3-1-4-21(13-18)24-14-25(34-29(31)33-24)26-17-38(36-35-26)16-22-5-2-6-23(32-22)27(19-7-8-19)37-11-9-20(10-12-37)28(39)40/h1-6,13-14,17,19-20,27H,7-12,16H2,(H,39,40)(H2,31,33,34). The second-order valence-corrected chi connectivity index (χ2v) is 10.5. The van der Waals surface area contributed by atoms with Crippen LogP contribution in [0.5, 0.6) is 0 Å². The number of hydrogen-bond donors (Lipinski definition) is 2. The molecular weight excluding hydrogens is 506 g/mol. The number of pyridine rings is 1. The van der Waals surface area contributed by atoms with Crippen LogP contribution in [-0.4, -0.2) is 59.0 Å². The summed E-state index contributed by atoms with van der Waals surface area (Å²) in [5, 5.41) is 27.2. The second-order valence-electron chi connectivity index (χ2n) is 10.5. The summed E-state index contributed by atoms with van der Waals surface area (Å²) in [6, 6.07) is 17.4. The number of nitriles is 1. The molecule has 0 radical (unpaired) electrons. The van der Waals surface area contributed by atoms with E-state index in [0.717, 1.165) is 30.0 Å². The summed E-state index contributed by atoms with van der Waals surface area (Å²) < 4.78 is 1.72. The highest BCUT2D eigenvalue weighted by Gasteiger charge is 2.39. The van der Waals surface area contributed by atoms with E-state index in [2.05, 4.69) is 37.3 Å². The van der Waals surface area contributed by atoms with E-state index < -0.39 is 5.97 Å². The van der Waals surface area contributed by atoms with Crippen LogP contribution in [0.4, 0.5) is 5.95 Å². The molecule has 1 saturated heterocycles. The van der Waals surface area contributed by atoms with E-state index in [1.165, 1.54) is 12.8 Å². The lowest BCUT2D eigenvalue weighted by Crippen LogP contribution is -2.39. The molecule has 6 rings (SSSR count). The minimum Gasteiger partial charge on any atom is -0.481 e. The van der Waals surface area contributed by atoms with Crippen LogP contribution in [0, 0.1) is 23.2 Å². The van der Waals surface area contributed by atoms with Crippen molar-refractivity contribution >= 4 is 11.9 Å². The van der Waals surface area contributed by atoms with Crippen LogP contribution >= 0.6 is 0 Å². The van der Waals surface area contributed by atoms with Crippen LogP contribution in [0.3, 0.4) is 0 Å². The molecule has 1 aliphatic heterocycles. The van der Waals surface area contributed by atoms with Gasteiger partial charge in [0, 0.05) is 5.56 Å². The minimum atomic E-state index is -0.691. The molecular formula is C29H29N9O2. The second kappa shape index (κ2) is 10.8. The summed E-state index contributed by atoms with van der Waals surface area (Å²) in [6.45, 7) is 2.00. The van der Waals surface area contributed by atoms with Crippen LogP contribution in [-0.2, 0) is 11.3 Å². The maximum Gasteiger partial charge on any atom is 0.306 e. The fourth-order valence-electron chi connectivity index (χ4n) is 5.47. The average Bonchev–Trinajstić information content (AvgIpc) is 3.69. The molecule has 1 aliphatic carbocycles. The molecule has 4 aromatic rings. The van der Waals surface area contributed by atoms with Crippen LogP contribution in [0.15, 0.2) is 54.7 Å². The third-order valence-corrected chi connectivity index (χ3v) is 7.63. The molecule has 2 fully saturated rings. The molecule has 4 heterocycles. The molecule has 2 aliphatic rings. The number of hydrogen-bond acceptors (Lipinski definition) is 9. The van der Waals surface area contributed by atoms with Crippen molar-refractivity contribution in [3.63, 3.8) is 0 Å². The van der Waals surface area contributed by atoms with Crippen molar-refractivity contribution in [2.24, 2.45) is 11.8 Å². The first-order valence-electron chi connectivity index (χ1n) is 13.4. The first-order valence-corrected chi connectivity index (χ1v) is 13.4. The highest BCUT2D eigenvalue weighted by molar-refractivity contribution is 5.70. The normalized spacial score (nSPS) is 16.9. The molecule has 0 bridgehead atoms.